The molecule has 1 aliphatic rings. The maximum atomic E-state index is 13.9. The first-order valence-electron chi connectivity index (χ1n) is 10.1. The number of nitrogens with zero attached hydrogens (tertiary/aromatic N) is 2. The number of nitrogens with two attached hydrogens (primary N) is 3. The Labute approximate surface area is 190 Å². The second kappa shape index (κ2) is 10.9. The molecule has 0 bridgehead atoms. The Balaban J connectivity index is 2.45. The first-order chi connectivity index (χ1) is 15.5. The molecule has 33 heavy (non-hydrogen) atoms. The number of hydrogen-bond acceptors (Lipinski definition) is 7. The van der Waals surface area contributed by atoms with E-state index in [-0.39, 0.29) is 40.9 Å². The van der Waals surface area contributed by atoms with E-state index in [9.17, 15) is 18.4 Å². The van der Waals surface area contributed by atoms with Crippen LogP contribution < -0.4 is 27.8 Å². The number of aliphatic hydroxyl groups is 1. The van der Waals surface area contributed by atoms with Crippen molar-refractivity contribution in [2.75, 3.05) is 33.3 Å². The molecule has 12 heteroatoms. The van der Waals surface area contributed by atoms with Crippen LogP contribution in [0.2, 0.25) is 0 Å². The zero-order chi connectivity index (χ0) is 24.8. The zero-order valence-electron chi connectivity index (χ0n) is 18.4. The topological polar surface area (TPSA) is 172 Å². The molecule has 0 saturated carbocycles. The fraction of sp³-hybridized carbons (Fsp3) is 0.381. The Hall–Kier alpha value is -3.51. The first kappa shape index (κ1) is 25.7. The van der Waals surface area contributed by atoms with E-state index in [1.807, 2.05) is 0 Å². The van der Waals surface area contributed by atoms with Crippen molar-refractivity contribution in [1.82, 2.24) is 15.5 Å². The number of carbonyl (C=O) groups excluding carboxylic acids is 2. The summed E-state index contributed by atoms with van der Waals surface area (Å²) in [7, 11) is 1.38. The molecule has 9 N–H and O–H groups in total. The average molecular weight is 466 g/mol. The SMILES string of the molecule is CNC(=O)/C(N)=C(/C=C(\N)N1CCNCC1=O)C(N)=N[C@H](C)c1cccc(C(F)(F)CO)c1. The van der Waals surface area contributed by atoms with E-state index in [4.69, 9.17) is 22.3 Å². The number of halogens is 2. The van der Waals surface area contributed by atoms with Gasteiger partial charge in [0.15, 0.2) is 0 Å². The van der Waals surface area contributed by atoms with Crippen LogP contribution in [0, 0.1) is 0 Å². The van der Waals surface area contributed by atoms with Crippen LogP contribution in [0.1, 0.15) is 24.1 Å². The van der Waals surface area contributed by atoms with Gasteiger partial charge in [0, 0.05) is 31.3 Å². The molecule has 1 aromatic rings. The molecular formula is C21H29F2N7O3. The summed E-state index contributed by atoms with van der Waals surface area (Å²) in [6, 6.07) is 4.70. The van der Waals surface area contributed by atoms with Crippen molar-refractivity contribution >= 4 is 17.6 Å². The summed E-state index contributed by atoms with van der Waals surface area (Å²) in [5.41, 5.74) is 17.9. The van der Waals surface area contributed by atoms with E-state index in [0.717, 1.165) is 0 Å². The second-order valence-electron chi connectivity index (χ2n) is 7.38. The van der Waals surface area contributed by atoms with E-state index < -0.39 is 24.5 Å². The van der Waals surface area contributed by atoms with E-state index >= 15 is 0 Å². The van der Waals surface area contributed by atoms with Gasteiger partial charge in [-0.05, 0) is 24.6 Å². The smallest absolute Gasteiger partial charge is 0.295 e. The number of amides is 2. The van der Waals surface area contributed by atoms with Gasteiger partial charge in [-0.3, -0.25) is 19.5 Å². The van der Waals surface area contributed by atoms with Crippen molar-refractivity contribution in [1.29, 1.82) is 0 Å². The summed E-state index contributed by atoms with van der Waals surface area (Å²) in [5, 5.41) is 14.2. The Morgan fingerprint density at radius 1 is 1.39 bits per heavy atom. The molecule has 2 amide bonds. The third-order valence-electron chi connectivity index (χ3n) is 5.05. The van der Waals surface area contributed by atoms with Gasteiger partial charge in [-0.2, -0.15) is 8.78 Å². The van der Waals surface area contributed by atoms with Crippen molar-refractivity contribution in [2.45, 2.75) is 18.9 Å². The highest BCUT2D eigenvalue weighted by Crippen LogP contribution is 2.30. The summed E-state index contributed by atoms with van der Waals surface area (Å²) >= 11 is 0. The van der Waals surface area contributed by atoms with Gasteiger partial charge in [0.05, 0.1) is 12.6 Å². The van der Waals surface area contributed by atoms with Gasteiger partial charge < -0.3 is 32.9 Å². The van der Waals surface area contributed by atoms with Crippen LogP contribution in [0.5, 0.6) is 0 Å². The van der Waals surface area contributed by atoms with E-state index in [1.54, 1.807) is 13.0 Å². The van der Waals surface area contributed by atoms with Gasteiger partial charge in [0.1, 0.15) is 24.0 Å². The number of benzene rings is 1. The fourth-order valence-corrected chi connectivity index (χ4v) is 3.12. The van der Waals surface area contributed by atoms with Crippen molar-refractivity contribution in [3.05, 3.63) is 58.6 Å². The van der Waals surface area contributed by atoms with Gasteiger partial charge in [-0.1, -0.05) is 18.2 Å². The normalized spacial score (nSPS) is 17.5. The van der Waals surface area contributed by atoms with Crippen LogP contribution >= 0.6 is 0 Å². The molecule has 180 valence electrons. The number of hydrogen-bond donors (Lipinski definition) is 6. The Kier molecular flexibility index (Phi) is 8.49. The van der Waals surface area contributed by atoms with Gasteiger partial charge in [-0.25, -0.2) is 0 Å². The third kappa shape index (κ3) is 6.26. The molecule has 1 saturated heterocycles. The van der Waals surface area contributed by atoms with Gasteiger partial charge in [0.2, 0.25) is 5.91 Å². The van der Waals surface area contributed by atoms with E-state index in [1.165, 1.54) is 36.2 Å². The molecule has 0 radical (unpaired) electrons. The van der Waals surface area contributed by atoms with Crippen molar-refractivity contribution < 1.29 is 23.5 Å². The lowest BCUT2D eigenvalue weighted by atomic mass is 10.0. The molecule has 0 aliphatic carbocycles. The zero-order valence-corrected chi connectivity index (χ0v) is 18.4. The predicted octanol–water partition coefficient (Wildman–Crippen LogP) is -0.620. The monoisotopic (exact) mass is 465 g/mol. The molecule has 0 aromatic heterocycles. The lowest BCUT2D eigenvalue weighted by molar-refractivity contribution is -0.129. The fourth-order valence-electron chi connectivity index (χ4n) is 3.12. The molecule has 2 rings (SSSR count). The van der Waals surface area contributed by atoms with Gasteiger partial charge in [-0.15, -0.1) is 0 Å². The number of piperazine rings is 1. The maximum Gasteiger partial charge on any atom is 0.295 e. The molecular weight excluding hydrogens is 436 g/mol. The minimum Gasteiger partial charge on any atom is -0.394 e. The summed E-state index contributed by atoms with van der Waals surface area (Å²) in [5.74, 6) is -4.46. The second-order valence-corrected chi connectivity index (χ2v) is 7.38. The molecule has 1 fully saturated rings. The summed E-state index contributed by atoms with van der Waals surface area (Å²) in [4.78, 5) is 29.9. The largest absolute Gasteiger partial charge is 0.394 e. The Morgan fingerprint density at radius 2 is 2.09 bits per heavy atom. The van der Waals surface area contributed by atoms with E-state index in [0.29, 0.717) is 18.7 Å². The Morgan fingerprint density at radius 3 is 2.70 bits per heavy atom. The molecule has 0 spiro atoms. The summed E-state index contributed by atoms with van der Waals surface area (Å²) in [6.45, 7) is 1.23. The number of carbonyl (C=O) groups is 2. The average Bonchev–Trinajstić information content (AvgIpc) is 2.81. The number of rotatable bonds is 8. The summed E-state index contributed by atoms with van der Waals surface area (Å²) < 4.78 is 27.7. The Bertz CT molecular complexity index is 992. The number of likely N-dealkylation sites (N-methyl/N-ethyl adjacent to an activating group) is 1. The number of aliphatic hydroxyl groups excluding tert-OH is 1. The third-order valence-corrected chi connectivity index (χ3v) is 5.05. The lowest BCUT2D eigenvalue weighted by Crippen LogP contribution is -2.49. The molecule has 10 nitrogen and oxygen atoms in total. The molecule has 0 unspecified atom stereocenters. The van der Waals surface area contributed by atoms with Crippen molar-refractivity contribution in [3.63, 3.8) is 0 Å². The number of alkyl halides is 2. The summed E-state index contributed by atoms with van der Waals surface area (Å²) in [6.07, 6.45) is 1.29. The number of amidine groups is 1. The van der Waals surface area contributed by atoms with Crippen LogP contribution in [-0.2, 0) is 15.5 Å². The van der Waals surface area contributed by atoms with Crippen molar-refractivity contribution in [2.24, 2.45) is 22.2 Å². The predicted molar refractivity (Wildman–Crippen MR) is 120 cm³/mol. The minimum absolute atomic E-state index is 0.0122. The lowest BCUT2D eigenvalue weighted by Gasteiger charge is -2.27. The highest BCUT2D eigenvalue weighted by atomic mass is 19.3. The highest BCUT2D eigenvalue weighted by Gasteiger charge is 2.31. The first-order valence-corrected chi connectivity index (χ1v) is 10.1. The molecule has 1 heterocycles. The van der Waals surface area contributed by atoms with Gasteiger partial charge in [0.25, 0.3) is 11.8 Å². The molecule has 1 aromatic carbocycles. The van der Waals surface area contributed by atoms with Crippen LogP contribution in [0.25, 0.3) is 0 Å². The maximum absolute atomic E-state index is 13.9. The molecule has 1 atom stereocenters. The molecule has 1 aliphatic heterocycles. The van der Waals surface area contributed by atoms with Crippen molar-refractivity contribution in [3.8, 4) is 0 Å². The van der Waals surface area contributed by atoms with E-state index in [2.05, 4.69) is 15.6 Å². The van der Waals surface area contributed by atoms with Gasteiger partial charge >= 0.3 is 0 Å². The van der Waals surface area contributed by atoms with Crippen LogP contribution in [0.15, 0.2) is 52.4 Å². The van der Waals surface area contributed by atoms with Crippen LogP contribution in [0.3, 0.4) is 0 Å². The van der Waals surface area contributed by atoms with Crippen LogP contribution in [-0.4, -0.2) is 60.9 Å². The standard InChI is InChI=1S/C21H29F2N7O3/c1-12(13-4-3-5-14(8-13)21(22,23)11-31)29-19(26)15(18(25)20(33)27-2)9-16(24)30-7-6-28-10-17(30)32/h3-5,8-9,12,28,31H,6-7,10-11,24-25H2,1-2H3,(H2,26,29)(H,27,33)/b16-9+,18-15+/t12-/m1/s1. The highest BCUT2D eigenvalue weighted by molar-refractivity contribution is 6.08. The van der Waals surface area contributed by atoms with Crippen LogP contribution in [0.4, 0.5) is 8.78 Å². The quantitative estimate of drug-likeness (QED) is 0.128. The number of aliphatic imine (C=N–C) groups is 1. The number of nitrogens with one attached hydrogen (secondary N) is 2. The minimum atomic E-state index is -3.41.